The van der Waals surface area contributed by atoms with E-state index in [1.807, 2.05) is 24.3 Å². The average molecular weight is 553 g/mol. The van der Waals surface area contributed by atoms with E-state index in [1.54, 1.807) is 50.3 Å². The monoisotopic (exact) mass is 552 g/mol. The largest absolute Gasteiger partial charge is 0.396 e. The van der Waals surface area contributed by atoms with Gasteiger partial charge in [-0.05, 0) is 37.8 Å². The standard InChI is InChI=1S/C28H36N6O4S/c1-4-14-31(3)25(36)22-21-12-13-28(39-21)23(22)26(37)33(16-8-9-17-35)24(28)27(38)32(15-5-2)18-34-20-11-7-6-10-19(20)29-30-34/h4-7,10-11,21-24,35H,1-2,8-9,12-18H2,3H3/t21-,22+,23+,24?,28?/m1/s1. The molecular formula is C28H36N6O4S. The second kappa shape index (κ2) is 11.1. The molecule has 5 rings (SSSR count). The molecule has 3 saturated heterocycles. The number of amides is 3. The number of carbonyl (C=O) groups excluding carboxylic acids is 3. The summed E-state index contributed by atoms with van der Waals surface area (Å²) in [6, 6.07) is 6.86. The molecule has 10 nitrogen and oxygen atoms in total. The van der Waals surface area contributed by atoms with Crippen LogP contribution < -0.4 is 0 Å². The van der Waals surface area contributed by atoms with Gasteiger partial charge in [-0.2, -0.15) is 0 Å². The van der Waals surface area contributed by atoms with Crippen molar-refractivity contribution in [1.29, 1.82) is 0 Å². The van der Waals surface area contributed by atoms with Crippen LogP contribution in [0.2, 0.25) is 0 Å². The fourth-order valence-electron chi connectivity index (χ4n) is 6.62. The second-order valence-corrected chi connectivity index (χ2v) is 12.2. The first kappa shape index (κ1) is 27.4. The van der Waals surface area contributed by atoms with Crippen LogP contribution in [0.5, 0.6) is 0 Å². The Morgan fingerprint density at radius 3 is 2.72 bits per heavy atom. The molecule has 1 aromatic carbocycles. The summed E-state index contributed by atoms with van der Waals surface area (Å²) in [6.45, 7) is 8.84. The molecule has 3 aliphatic heterocycles. The summed E-state index contributed by atoms with van der Waals surface area (Å²) >= 11 is 1.66. The molecule has 2 unspecified atom stereocenters. The average Bonchev–Trinajstić information content (AvgIpc) is 3.68. The molecule has 0 aliphatic carbocycles. The number of para-hydroxylation sites is 1. The second-order valence-electron chi connectivity index (χ2n) is 10.6. The number of unbranched alkanes of at least 4 members (excludes halogenated alkanes) is 1. The molecule has 11 heteroatoms. The smallest absolute Gasteiger partial charge is 0.248 e. The maximum absolute atomic E-state index is 14.5. The maximum atomic E-state index is 14.5. The highest BCUT2D eigenvalue weighted by atomic mass is 32.2. The predicted octanol–water partition coefficient (Wildman–Crippen LogP) is 1.91. The molecule has 3 amide bonds. The zero-order chi connectivity index (χ0) is 27.7. The van der Waals surface area contributed by atoms with E-state index < -0.39 is 22.6 Å². The topological polar surface area (TPSA) is 112 Å². The van der Waals surface area contributed by atoms with E-state index in [0.29, 0.717) is 32.4 Å². The van der Waals surface area contributed by atoms with Crippen molar-refractivity contribution in [1.82, 2.24) is 29.7 Å². The molecule has 3 aliphatic rings. The lowest BCUT2D eigenvalue weighted by atomic mass is 9.70. The first-order valence-corrected chi connectivity index (χ1v) is 14.4. The number of hydrogen-bond donors (Lipinski definition) is 1. The van der Waals surface area contributed by atoms with Crippen LogP contribution in [0.1, 0.15) is 25.7 Å². The summed E-state index contributed by atoms with van der Waals surface area (Å²) in [6.07, 6.45) is 5.95. The first-order chi connectivity index (χ1) is 18.9. The zero-order valence-corrected chi connectivity index (χ0v) is 23.1. The summed E-state index contributed by atoms with van der Waals surface area (Å²) in [5, 5.41) is 17.9. The van der Waals surface area contributed by atoms with Crippen molar-refractivity contribution in [3.8, 4) is 0 Å². The van der Waals surface area contributed by atoms with Gasteiger partial charge < -0.3 is 19.8 Å². The molecule has 2 bridgehead atoms. The van der Waals surface area contributed by atoms with Crippen molar-refractivity contribution in [2.45, 2.75) is 48.4 Å². The van der Waals surface area contributed by atoms with Gasteiger partial charge in [0.05, 0.1) is 22.1 Å². The molecule has 1 spiro atoms. The molecule has 2 aromatic rings. The molecule has 1 aromatic heterocycles. The van der Waals surface area contributed by atoms with Crippen molar-refractivity contribution in [3.63, 3.8) is 0 Å². The molecular weight excluding hydrogens is 516 g/mol. The Balaban J connectivity index is 1.50. The first-order valence-electron chi connectivity index (χ1n) is 13.5. The quantitative estimate of drug-likeness (QED) is 0.316. The van der Waals surface area contributed by atoms with E-state index >= 15 is 0 Å². The number of rotatable bonds is 12. The molecule has 5 atom stereocenters. The van der Waals surface area contributed by atoms with Gasteiger partial charge in [-0.15, -0.1) is 30.0 Å². The van der Waals surface area contributed by atoms with Gasteiger partial charge in [0.2, 0.25) is 17.7 Å². The van der Waals surface area contributed by atoms with Crippen LogP contribution in [0.15, 0.2) is 49.6 Å². The number of fused-ring (bicyclic) bond motifs is 2. The van der Waals surface area contributed by atoms with Gasteiger partial charge in [-0.1, -0.05) is 29.5 Å². The van der Waals surface area contributed by atoms with Gasteiger partial charge in [0.25, 0.3) is 0 Å². The number of aliphatic hydroxyl groups excluding tert-OH is 1. The van der Waals surface area contributed by atoms with Crippen LogP contribution in [0.25, 0.3) is 11.0 Å². The van der Waals surface area contributed by atoms with Crippen molar-refractivity contribution in [2.24, 2.45) is 11.8 Å². The highest BCUT2D eigenvalue weighted by Gasteiger charge is 2.73. The van der Waals surface area contributed by atoms with Crippen LogP contribution in [0.4, 0.5) is 0 Å². The summed E-state index contributed by atoms with van der Waals surface area (Å²) in [4.78, 5) is 47.1. The number of likely N-dealkylation sites (tertiary alicyclic amines) is 1. The summed E-state index contributed by atoms with van der Waals surface area (Å²) in [7, 11) is 1.74. The fraction of sp³-hybridized carbons (Fsp3) is 0.536. The van der Waals surface area contributed by atoms with Crippen molar-refractivity contribution >= 4 is 40.5 Å². The Morgan fingerprint density at radius 1 is 1.21 bits per heavy atom. The Hall–Kier alpha value is -3.18. The lowest BCUT2D eigenvalue weighted by Gasteiger charge is -2.37. The number of hydrogen-bond acceptors (Lipinski definition) is 7. The maximum Gasteiger partial charge on any atom is 0.248 e. The Morgan fingerprint density at radius 2 is 1.97 bits per heavy atom. The Labute approximate surface area is 232 Å². The van der Waals surface area contributed by atoms with E-state index in [1.165, 1.54) is 0 Å². The minimum atomic E-state index is -0.707. The van der Waals surface area contributed by atoms with Crippen LogP contribution in [-0.4, -0.2) is 102 Å². The van der Waals surface area contributed by atoms with Gasteiger partial charge in [0.1, 0.15) is 18.2 Å². The lowest BCUT2D eigenvalue weighted by molar-refractivity contribution is -0.144. The molecule has 0 radical (unpaired) electrons. The molecule has 39 heavy (non-hydrogen) atoms. The minimum Gasteiger partial charge on any atom is -0.396 e. The zero-order valence-electron chi connectivity index (χ0n) is 22.3. The van der Waals surface area contributed by atoms with Crippen LogP contribution in [0, 0.1) is 11.8 Å². The fourth-order valence-corrected chi connectivity index (χ4v) is 8.82. The van der Waals surface area contributed by atoms with Crippen molar-refractivity contribution < 1.29 is 19.5 Å². The number of nitrogens with zero attached hydrogens (tertiary/aromatic N) is 6. The molecule has 1 N–H and O–H groups in total. The third kappa shape index (κ3) is 4.55. The SMILES string of the molecule is C=CCN(C)C(=O)[C@@H]1[C@H]2C(=O)N(CCCCO)C(C(=O)N(CC=C)Cn3nnc4ccccc43)C23CC[C@H]1S3. The Kier molecular flexibility index (Phi) is 7.82. The van der Waals surface area contributed by atoms with E-state index in [0.717, 1.165) is 17.5 Å². The predicted molar refractivity (Wildman–Crippen MR) is 149 cm³/mol. The summed E-state index contributed by atoms with van der Waals surface area (Å²) < 4.78 is 1.02. The van der Waals surface area contributed by atoms with E-state index in [2.05, 4.69) is 23.5 Å². The van der Waals surface area contributed by atoms with Crippen LogP contribution in [-0.2, 0) is 21.1 Å². The number of thioether (sulfide) groups is 1. The molecule has 4 heterocycles. The van der Waals surface area contributed by atoms with Gasteiger partial charge in [-0.3, -0.25) is 14.4 Å². The van der Waals surface area contributed by atoms with Gasteiger partial charge in [0.15, 0.2) is 0 Å². The van der Waals surface area contributed by atoms with Gasteiger partial charge in [0, 0.05) is 38.5 Å². The number of benzene rings is 1. The summed E-state index contributed by atoms with van der Waals surface area (Å²) in [5.41, 5.74) is 1.55. The van der Waals surface area contributed by atoms with E-state index in [-0.39, 0.29) is 42.8 Å². The van der Waals surface area contributed by atoms with Crippen molar-refractivity contribution in [3.05, 3.63) is 49.6 Å². The molecule has 208 valence electrons. The lowest BCUT2D eigenvalue weighted by Crippen LogP contribution is -2.55. The third-order valence-corrected chi connectivity index (χ3v) is 10.2. The molecule has 3 fully saturated rings. The van der Waals surface area contributed by atoms with Crippen LogP contribution >= 0.6 is 11.8 Å². The number of aliphatic hydroxyl groups is 1. The molecule has 0 saturated carbocycles. The number of likely N-dealkylation sites (N-methyl/N-ethyl adjacent to an activating group) is 1. The number of carbonyl (C=O) groups is 3. The highest BCUT2D eigenvalue weighted by molar-refractivity contribution is 8.02. The van der Waals surface area contributed by atoms with Gasteiger partial charge >= 0.3 is 0 Å². The van der Waals surface area contributed by atoms with E-state index in [4.69, 9.17) is 0 Å². The van der Waals surface area contributed by atoms with Gasteiger partial charge in [-0.25, -0.2) is 4.68 Å². The number of aromatic nitrogens is 3. The highest BCUT2D eigenvalue weighted by Crippen LogP contribution is 2.66. The van der Waals surface area contributed by atoms with E-state index in [9.17, 15) is 19.5 Å². The third-order valence-electron chi connectivity index (χ3n) is 8.29. The minimum absolute atomic E-state index is 0.000667. The summed E-state index contributed by atoms with van der Waals surface area (Å²) in [5.74, 6) is -1.38. The van der Waals surface area contributed by atoms with Crippen LogP contribution in [0.3, 0.4) is 0 Å². The Bertz CT molecular complexity index is 1280. The normalized spacial score (nSPS) is 27.1. The van der Waals surface area contributed by atoms with Crippen molar-refractivity contribution in [2.75, 3.05) is 33.3 Å².